The van der Waals surface area contributed by atoms with Gasteiger partial charge in [-0.2, -0.15) is 0 Å². The van der Waals surface area contributed by atoms with Crippen LogP contribution in [0, 0.1) is 0 Å². The summed E-state index contributed by atoms with van der Waals surface area (Å²) in [6.45, 7) is -0.0549. The molecule has 3 nitrogen and oxygen atoms in total. The van der Waals surface area contributed by atoms with Crippen LogP contribution in [0.3, 0.4) is 0 Å². The van der Waals surface area contributed by atoms with Crippen LogP contribution in [0.15, 0.2) is 72.8 Å². The standard InChI is InChI=1S/C24H25NO2/c25-23(16-26)20-8-4-7-18(14-20)19-13-12-17-6-5-11-24(22(17)15-19)27-21-9-2-1-3-10-21/h1-4,7-10,12-15,23-24,26H,5-6,11,16,25H2/t23-,24?/m1/s1. The molecule has 3 N–H and O–H groups in total. The average Bonchev–Trinajstić information content (AvgIpc) is 2.74. The van der Waals surface area contributed by atoms with Crippen LogP contribution in [0.1, 0.15) is 41.7 Å². The van der Waals surface area contributed by atoms with E-state index in [-0.39, 0.29) is 18.8 Å². The highest BCUT2D eigenvalue weighted by Crippen LogP contribution is 2.36. The van der Waals surface area contributed by atoms with Crippen LogP contribution in [0.25, 0.3) is 11.1 Å². The number of benzene rings is 3. The predicted octanol–water partition coefficient (Wildman–Crippen LogP) is 4.80. The van der Waals surface area contributed by atoms with Crippen molar-refractivity contribution in [3.63, 3.8) is 0 Å². The van der Waals surface area contributed by atoms with E-state index >= 15 is 0 Å². The minimum absolute atomic E-state index is 0.0549. The zero-order valence-electron chi connectivity index (χ0n) is 15.3. The summed E-state index contributed by atoms with van der Waals surface area (Å²) in [5.41, 5.74) is 11.9. The number of fused-ring (bicyclic) bond motifs is 1. The lowest BCUT2D eigenvalue weighted by atomic mass is 9.86. The van der Waals surface area contributed by atoms with Crippen molar-refractivity contribution in [3.8, 4) is 16.9 Å². The fraction of sp³-hybridized carbons (Fsp3) is 0.250. The summed E-state index contributed by atoms with van der Waals surface area (Å²) >= 11 is 0. The fourth-order valence-electron chi connectivity index (χ4n) is 3.78. The van der Waals surface area contributed by atoms with Crippen molar-refractivity contribution in [1.82, 2.24) is 0 Å². The van der Waals surface area contributed by atoms with E-state index < -0.39 is 0 Å². The number of aryl methyl sites for hydroxylation is 1. The van der Waals surface area contributed by atoms with Gasteiger partial charge in [-0.1, -0.05) is 48.5 Å². The third kappa shape index (κ3) is 3.90. The van der Waals surface area contributed by atoms with E-state index in [1.807, 2.05) is 42.5 Å². The molecule has 0 aliphatic heterocycles. The van der Waals surface area contributed by atoms with Gasteiger partial charge in [-0.25, -0.2) is 0 Å². The number of nitrogens with two attached hydrogens (primary N) is 1. The summed E-state index contributed by atoms with van der Waals surface area (Å²) in [7, 11) is 0. The van der Waals surface area contributed by atoms with Crippen LogP contribution >= 0.6 is 0 Å². The lowest BCUT2D eigenvalue weighted by molar-refractivity contribution is 0.183. The van der Waals surface area contributed by atoms with Gasteiger partial charge in [0.05, 0.1) is 12.6 Å². The van der Waals surface area contributed by atoms with Gasteiger partial charge in [-0.3, -0.25) is 0 Å². The molecule has 1 aliphatic carbocycles. The fourth-order valence-corrected chi connectivity index (χ4v) is 3.78. The second-order valence-electron chi connectivity index (χ2n) is 7.14. The predicted molar refractivity (Wildman–Crippen MR) is 109 cm³/mol. The number of hydrogen-bond acceptors (Lipinski definition) is 3. The van der Waals surface area contributed by atoms with Crippen molar-refractivity contribution in [2.24, 2.45) is 5.73 Å². The maximum Gasteiger partial charge on any atom is 0.124 e. The molecular weight excluding hydrogens is 334 g/mol. The molecule has 27 heavy (non-hydrogen) atoms. The summed E-state index contributed by atoms with van der Waals surface area (Å²) in [6, 6.07) is 24.5. The second-order valence-corrected chi connectivity index (χ2v) is 7.14. The maximum absolute atomic E-state index is 9.34. The molecule has 3 heteroatoms. The molecule has 0 fully saturated rings. The van der Waals surface area contributed by atoms with Gasteiger partial charge in [0, 0.05) is 0 Å². The van der Waals surface area contributed by atoms with E-state index in [9.17, 15) is 5.11 Å². The molecule has 0 saturated heterocycles. The first-order chi connectivity index (χ1) is 13.2. The van der Waals surface area contributed by atoms with Crippen molar-refractivity contribution >= 4 is 0 Å². The molecule has 1 aliphatic rings. The van der Waals surface area contributed by atoms with Crippen molar-refractivity contribution < 1.29 is 9.84 Å². The van der Waals surface area contributed by atoms with Crippen molar-refractivity contribution in [3.05, 3.63) is 89.5 Å². The van der Waals surface area contributed by atoms with Gasteiger partial charge in [0.2, 0.25) is 0 Å². The van der Waals surface area contributed by atoms with E-state index in [1.54, 1.807) is 0 Å². The Balaban J connectivity index is 1.67. The summed E-state index contributed by atoms with van der Waals surface area (Å²) in [5, 5.41) is 9.34. The van der Waals surface area contributed by atoms with Crippen LogP contribution < -0.4 is 10.5 Å². The number of para-hydroxylation sites is 1. The molecule has 0 bridgehead atoms. The monoisotopic (exact) mass is 359 g/mol. The minimum Gasteiger partial charge on any atom is -0.486 e. The number of hydrogen-bond donors (Lipinski definition) is 2. The third-order valence-corrected chi connectivity index (χ3v) is 5.27. The van der Waals surface area contributed by atoms with E-state index in [4.69, 9.17) is 10.5 Å². The molecule has 0 saturated carbocycles. The Bertz CT molecular complexity index is 907. The molecule has 0 aromatic heterocycles. The Morgan fingerprint density at radius 3 is 2.59 bits per heavy atom. The van der Waals surface area contributed by atoms with E-state index in [0.29, 0.717) is 0 Å². The van der Waals surface area contributed by atoms with Crippen LogP contribution in [0.4, 0.5) is 0 Å². The number of rotatable bonds is 5. The highest BCUT2D eigenvalue weighted by molar-refractivity contribution is 5.66. The molecule has 1 unspecified atom stereocenters. The molecule has 2 atom stereocenters. The van der Waals surface area contributed by atoms with Crippen LogP contribution in [-0.2, 0) is 6.42 Å². The second kappa shape index (κ2) is 7.95. The van der Waals surface area contributed by atoms with E-state index in [2.05, 4.69) is 30.3 Å². The molecule has 0 heterocycles. The van der Waals surface area contributed by atoms with Gasteiger partial charge < -0.3 is 15.6 Å². The quantitative estimate of drug-likeness (QED) is 0.688. The highest BCUT2D eigenvalue weighted by Gasteiger charge is 2.22. The molecule has 3 aromatic carbocycles. The van der Waals surface area contributed by atoms with E-state index in [1.165, 1.54) is 11.1 Å². The normalized spacial score (nSPS) is 17.2. The Hall–Kier alpha value is -2.62. The van der Waals surface area contributed by atoms with Crippen molar-refractivity contribution in [1.29, 1.82) is 0 Å². The molecule has 138 valence electrons. The van der Waals surface area contributed by atoms with E-state index in [0.717, 1.165) is 41.7 Å². The van der Waals surface area contributed by atoms with Crippen LogP contribution in [0.5, 0.6) is 5.75 Å². The molecular formula is C24H25NO2. The Kier molecular flexibility index (Phi) is 5.23. The molecule has 0 spiro atoms. The Morgan fingerprint density at radius 2 is 1.78 bits per heavy atom. The van der Waals surface area contributed by atoms with Crippen LogP contribution in [0.2, 0.25) is 0 Å². The smallest absolute Gasteiger partial charge is 0.124 e. The van der Waals surface area contributed by atoms with Gasteiger partial charge >= 0.3 is 0 Å². The number of ether oxygens (including phenoxy) is 1. The van der Waals surface area contributed by atoms with Gasteiger partial charge in [0.15, 0.2) is 0 Å². The Morgan fingerprint density at radius 1 is 0.963 bits per heavy atom. The largest absolute Gasteiger partial charge is 0.486 e. The lowest BCUT2D eigenvalue weighted by Crippen LogP contribution is -2.15. The summed E-state index contributed by atoms with van der Waals surface area (Å²) in [5.74, 6) is 0.914. The molecule has 0 radical (unpaired) electrons. The van der Waals surface area contributed by atoms with Gasteiger partial charge in [0.1, 0.15) is 11.9 Å². The van der Waals surface area contributed by atoms with Crippen molar-refractivity contribution in [2.45, 2.75) is 31.4 Å². The van der Waals surface area contributed by atoms with Crippen molar-refractivity contribution in [2.75, 3.05) is 6.61 Å². The summed E-state index contributed by atoms with van der Waals surface area (Å²) in [4.78, 5) is 0. The molecule has 3 aromatic rings. The van der Waals surface area contributed by atoms with Gasteiger partial charge in [-0.05, 0) is 71.3 Å². The van der Waals surface area contributed by atoms with Crippen LogP contribution in [-0.4, -0.2) is 11.7 Å². The maximum atomic E-state index is 9.34. The first-order valence-electron chi connectivity index (χ1n) is 9.56. The average molecular weight is 359 g/mol. The lowest BCUT2D eigenvalue weighted by Gasteiger charge is -2.27. The minimum atomic E-state index is -0.350. The summed E-state index contributed by atoms with van der Waals surface area (Å²) in [6.07, 6.45) is 3.35. The molecule has 0 amide bonds. The topological polar surface area (TPSA) is 55.5 Å². The first kappa shape index (κ1) is 17.8. The first-order valence-corrected chi connectivity index (χ1v) is 9.56. The summed E-state index contributed by atoms with van der Waals surface area (Å²) < 4.78 is 6.30. The number of aliphatic hydroxyl groups is 1. The highest BCUT2D eigenvalue weighted by atomic mass is 16.5. The Labute approximate surface area is 160 Å². The van der Waals surface area contributed by atoms with Gasteiger partial charge in [0.25, 0.3) is 0 Å². The third-order valence-electron chi connectivity index (χ3n) is 5.27. The SMILES string of the molecule is N[C@H](CO)c1cccc(-c2ccc3c(c2)C(Oc2ccccc2)CCC3)c1. The molecule has 4 rings (SSSR count). The zero-order chi connectivity index (χ0) is 18.6. The van der Waals surface area contributed by atoms with Gasteiger partial charge in [-0.15, -0.1) is 0 Å². The zero-order valence-corrected chi connectivity index (χ0v) is 15.3. The number of aliphatic hydroxyl groups excluding tert-OH is 1.